The molecule has 2 unspecified atom stereocenters. The van der Waals surface area contributed by atoms with Crippen molar-refractivity contribution in [2.24, 2.45) is 11.7 Å². The molecule has 1 aliphatic rings. The number of hydrogen-bond acceptors (Lipinski definition) is 2. The summed E-state index contributed by atoms with van der Waals surface area (Å²) in [6, 6.07) is 5.42. The highest BCUT2D eigenvalue weighted by atomic mass is 35.5. The van der Waals surface area contributed by atoms with Gasteiger partial charge in [0.05, 0.1) is 5.54 Å². The molecule has 3 nitrogen and oxygen atoms in total. The molecule has 1 amide bonds. The van der Waals surface area contributed by atoms with Crippen LogP contribution in [0.25, 0.3) is 0 Å². The second-order valence-electron chi connectivity index (χ2n) is 5.98. The van der Waals surface area contributed by atoms with Crippen molar-refractivity contribution in [3.8, 4) is 0 Å². The Morgan fingerprint density at radius 1 is 1.45 bits per heavy atom. The number of nitrogens with two attached hydrogens (primary N) is 1. The summed E-state index contributed by atoms with van der Waals surface area (Å²) in [6.45, 7) is 4.60. The summed E-state index contributed by atoms with van der Waals surface area (Å²) in [6.07, 6.45) is 4.41. The highest BCUT2D eigenvalue weighted by molar-refractivity contribution is 6.31. The van der Waals surface area contributed by atoms with Gasteiger partial charge in [0.2, 0.25) is 0 Å². The first-order valence-electron chi connectivity index (χ1n) is 7.26. The fourth-order valence-corrected chi connectivity index (χ4v) is 3.41. The smallest absolute Gasteiger partial charge is 0.251 e. The third kappa shape index (κ3) is 3.15. The molecule has 1 aromatic carbocycles. The lowest BCUT2D eigenvalue weighted by Gasteiger charge is -2.42. The van der Waals surface area contributed by atoms with Gasteiger partial charge in [-0.05, 0) is 49.4 Å². The Bertz CT molecular complexity index is 483. The highest BCUT2D eigenvalue weighted by Gasteiger charge is 2.38. The monoisotopic (exact) mass is 294 g/mol. The molecule has 0 aromatic heterocycles. The molecule has 0 bridgehead atoms. The van der Waals surface area contributed by atoms with Gasteiger partial charge in [0.15, 0.2) is 0 Å². The number of carbonyl (C=O) groups is 1. The van der Waals surface area contributed by atoms with E-state index in [1.54, 1.807) is 6.07 Å². The van der Waals surface area contributed by atoms with Crippen LogP contribution in [0.1, 0.15) is 48.5 Å². The molecule has 0 aliphatic heterocycles. The summed E-state index contributed by atoms with van der Waals surface area (Å²) in [7, 11) is 0. The van der Waals surface area contributed by atoms with Crippen LogP contribution in [0.15, 0.2) is 18.2 Å². The van der Waals surface area contributed by atoms with E-state index in [-0.39, 0.29) is 11.4 Å². The summed E-state index contributed by atoms with van der Waals surface area (Å²) in [5.74, 6) is 0.334. The molecule has 1 aromatic rings. The van der Waals surface area contributed by atoms with Crippen LogP contribution in [0.4, 0.5) is 0 Å². The Labute approximate surface area is 125 Å². The van der Waals surface area contributed by atoms with Gasteiger partial charge in [-0.2, -0.15) is 0 Å². The third-order valence-electron chi connectivity index (χ3n) is 4.48. The summed E-state index contributed by atoms with van der Waals surface area (Å²) in [5, 5.41) is 3.77. The zero-order valence-electron chi connectivity index (χ0n) is 12.2. The SMILES string of the molecule is Cc1cc(Cl)cc(C(=O)NC2(CN)CCCCC2C)c1. The Hall–Kier alpha value is -1.06. The summed E-state index contributed by atoms with van der Waals surface area (Å²) >= 11 is 6.03. The van der Waals surface area contributed by atoms with Crippen molar-refractivity contribution in [3.05, 3.63) is 34.3 Å². The largest absolute Gasteiger partial charge is 0.345 e. The van der Waals surface area contributed by atoms with Crippen molar-refractivity contribution in [1.82, 2.24) is 5.32 Å². The van der Waals surface area contributed by atoms with Crippen LogP contribution >= 0.6 is 11.6 Å². The lowest BCUT2D eigenvalue weighted by molar-refractivity contribution is 0.0812. The van der Waals surface area contributed by atoms with E-state index in [0.29, 0.717) is 23.0 Å². The molecular weight excluding hydrogens is 272 g/mol. The molecule has 0 heterocycles. The van der Waals surface area contributed by atoms with Crippen LogP contribution in [-0.2, 0) is 0 Å². The molecule has 110 valence electrons. The van der Waals surface area contributed by atoms with Gasteiger partial charge < -0.3 is 11.1 Å². The minimum atomic E-state index is -0.272. The highest BCUT2D eigenvalue weighted by Crippen LogP contribution is 2.33. The number of carbonyl (C=O) groups excluding carboxylic acids is 1. The molecule has 4 heteroatoms. The molecule has 3 N–H and O–H groups in total. The van der Waals surface area contributed by atoms with Gasteiger partial charge in [-0.25, -0.2) is 0 Å². The maximum Gasteiger partial charge on any atom is 0.251 e. The molecule has 1 saturated carbocycles. The quantitative estimate of drug-likeness (QED) is 0.899. The minimum absolute atomic E-state index is 0.0743. The maximum atomic E-state index is 12.5. The van der Waals surface area contributed by atoms with E-state index in [1.807, 2.05) is 19.1 Å². The maximum absolute atomic E-state index is 12.5. The Morgan fingerprint density at radius 3 is 2.80 bits per heavy atom. The van der Waals surface area contributed by atoms with Crippen molar-refractivity contribution in [2.75, 3.05) is 6.54 Å². The normalized spacial score (nSPS) is 26.3. The molecular formula is C16H23ClN2O. The van der Waals surface area contributed by atoms with E-state index >= 15 is 0 Å². The summed E-state index contributed by atoms with van der Waals surface area (Å²) in [4.78, 5) is 12.5. The van der Waals surface area contributed by atoms with E-state index in [4.69, 9.17) is 17.3 Å². The predicted octanol–water partition coefficient (Wildman–Crippen LogP) is 3.29. The van der Waals surface area contributed by atoms with Gasteiger partial charge >= 0.3 is 0 Å². The number of aryl methyl sites for hydroxylation is 1. The first-order chi connectivity index (χ1) is 9.47. The predicted molar refractivity (Wildman–Crippen MR) is 83.1 cm³/mol. The summed E-state index contributed by atoms with van der Waals surface area (Å²) < 4.78 is 0. The fraction of sp³-hybridized carbons (Fsp3) is 0.562. The minimum Gasteiger partial charge on any atom is -0.345 e. The number of benzene rings is 1. The average molecular weight is 295 g/mol. The van der Waals surface area contributed by atoms with E-state index in [2.05, 4.69) is 12.2 Å². The molecule has 0 saturated heterocycles. The second kappa shape index (κ2) is 6.15. The van der Waals surface area contributed by atoms with Crippen molar-refractivity contribution in [1.29, 1.82) is 0 Å². The van der Waals surface area contributed by atoms with E-state index in [9.17, 15) is 4.79 Å². The molecule has 0 spiro atoms. The average Bonchev–Trinajstić information content (AvgIpc) is 2.40. The van der Waals surface area contributed by atoms with Gasteiger partial charge in [0.25, 0.3) is 5.91 Å². The number of rotatable bonds is 3. The van der Waals surface area contributed by atoms with E-state index < -0.39 is 0 Å². The van der Waals surface area contributed by atoms with Crippen molar-refractivity contribution >= 4 is 17.5 Å². The zero-order chi connectivity index (χ0) is 14.8. The van der Waals surface area contributed by atoms with Gasteiger partial charge in [-0.1, -0.05) is 31.4 Å². The van der Waals surface area contributed by atoms with Crippen LogP contribution in [0.5, 0.6) is 0 Å². The number of amides is 1. The molecule has 2 atom stereocenters. The van der Waals surface area contributed by atoms with Crippen molar-refractivity contribution in [3.63, 3.8) is 0 Å². The van der Waals surface area contributed by atoms with Gasteiger partial charge in [-0.15, -0.1) is 0 Å². The standard InChI is InChI=1S/C16H23ClN2O/c1-11-7-13(9-14(17)8-11)15(20)19-16(10-18)6-4-3-5-12(16)2/h7-9,12H,3-6,10,18H2,1-2H3,(H,19,20). The van der Waals surface area contributed by atoms with Gasteiger partial charge in [-0.3, -0.25) is 4.79 Å². The first-order valence-corrected chi connectivity index (χ1v) is 7.64. The Balaban J connectivity index is 2.20. The van der Waals surface area contributed by atoms with Crippen LogP contribution in [0.2, 0.25) is 5.02 Å². The molecule has 20 heavy (non-hydrogen) atoms. The zero-order valence-corrected chi connectivity index (χ0v) is 13.0. The van der Waals surface area contributed by atoms with Crippen molar-refractivity contribution in [2.45, 2.75) is 45.1 Å². The summed E-state index contributed by atoms with van der Waals surface area (Å²) in [5.41, 5.74) is 7.30. The topological polar surface area (TPSA) is 55.1 Å². The molecule has 0 radical (unpaired) electrons. The van der Waals surface area contributed by atoms with Crippen LogP contribution in [-0.4, -0.2) is 18.0 Å². The number of hydrogen-bond donors (Lipinski definition) is 2. The number of halogens is 1. The van der Waals surface area contributed by atoms with Crippen molar-refractivity contribution < 1.29 is 4.79 Å². The van der Waals surface area contributed by atoms with Crippen LogP contribution < -0.4 is 11.1 Å². The first kappa shape index (κ1) is 15.3. The molecule has 1 aliphatic carbocycles. The van der Waals surface area contributed by atoms with Crippen LogP contribution in [0.3, 0.4) is 0 Å². The lowest BCUT2D eigenvalue weighted by atomic mass is 9.73. The van der Waals surface area contributed by atoms with E-state index in [0.717, 1.165) is 24.8 Å². The molecule has 1 fully saturated rings. The van der Waals surface area contributed by atoms with Gasteiger partial charge in [0.1, 0.15) is 0 Å². The molecule has 2 rings (SSSR count). The third-order valence-corrected chi connectivity index (χ3v) is 4.70. The Kier molecular flexibility index (Phi) is 4.71. The van der Waals surface area contributed by atoms with Gasteiger partial charge in [0, 0.05) is 17.1 Å². The van der Waals surface area contributed by atoms with Crippen LogP contribution in [0, 0.1) is 12.8 Å². The lowest BCUT2D eigenvalue weighted by Crippen LogP contribution is -2.59. The van der Waals surface area contributed by atoms with E-state index in [1.165, 1.54) is 6.42 Å². The Morgan fingerprint density at radius 2 is 2.20 bits per heavy atom. The number of nitrogens with one attached hydrogen (secondary N) is 1. The fourth-order valence-electron chi connectivity index (χ4n) is 3.12. The second-order valence-corrected chi connectivity index (χ2v) is 6.41.